The normalized spacial score (nSPS) is 11.5. The van der Waals surface area contributed by atoms with E-state index in [1.165, 1.54) is 24.8 Å². The van der Waals surface area contributed by atoms with Crippen LogP contribution in [0.25, 0.3) is 0 Å². The van der Waals surface area contributed by atoms with Crippen LogP contribution in [0.1, 0.15) is 37.3 Å². The second-order valence-electron chi connectivity index (χ2n) is 6.83. The highest BCUT2D eigenvalue weighted by molar-refractivity contribution is 5.81. The van der Waals surface area contributed by atoms with Crippen molar-refractivity contribution in [2.45, 2.75) is 45.3 Å². The third-order valence-electron chi connectivity index (χ3n) is 4.35. The summed E-state index contributed by atoms with van der Waals surface area (Å²) in [7, 11) is 0. The highest BCUT2D eigenvalue weighted by atomic mass is 16.5. The Bertz CT molecular complexity index is 737. The Balaban J connectivity index is 1.72. The van der Waals surface area contributed by atoms with Crippen LogP contribution in [0.3, 0.4) is 0 Å². The molecule has 0 heterocycles. The topological polar surface area (TPSA) is 65.0 Å². The highest BCUT2D eigenvalue weighted by Crippen LogP contribution is 2.19. The van der Waals surface area contributed by atoms with Gasteiger partial charge in [0.1, 0.15) is 37.4 Å². The number of rotatable bonds is 13. The standard InChI is InChI=1S/C24H30O5/c1-3-5-6-7-19-8-10-20(11-9-19)16-27-22-12-14-23(15-13-22)28-17-21(25)18-29-24(26)4-2/h4,8-15,21,25H,2-3,5-7,16-18H2,1H3. The third-order valence-corrected chi connectivity index (χ3v) is 4.35. The Morgan fingerprint density at radius 1 is 0.966 bits per heavy atom. The smallest absolute Gasteiger partial charge is 0.330 e. The molecule has 2 aromatic carbocycles. The molecule has 1 atom stereocenters. The molecule has 0 fully saturated rings. The molecular weight excluding hydrogens is 368 g/mol. The number of carbonyl (C=O) groups is 1. The van der Waals surface area contributed by atoms with Gasteiger partial charge in [0.2, 0.25) is 0 Å². The van der Waals surface area contributed by atoms with E-state index in [4.69, 9.17) is 14.2 Å². The fourth-order valence-electron chi connectivity index (χ4n) is 2.66. The lowest BCUT2D eigenvalue weighted by Crippen LogP contribution is -2.24. The lowest BCUT2D eigenvalue weighted by Gasteiger charge is -2.13. The van der Waals surface area contributed by atoms with E-state index in [0.29, 0.717) is 12.4 Å². The van der Waals surface area contributed by atoms with Crippen LogP contribution in [-0.2, 0) is 22.6 Å². The fraction of sp³-hybridized carbons (Fsp3) is 0.375. The first-order valence-corrected chi connectivity index (χ1v) is 10.0. The Morgan fingerprint density at radius 2 is 1.59 bits per heavy atom. The van der Waals surface area contributed by atoms with Crippen molar-refractivity contribution in [3.63, 3.8) is 0 Å². The maximum atomic E-state index is 11.0. The lowest BCUT2D eigenvalue weighted by atomic mass is 10.1. The average Bonchev–Trinajstić information content (AvgIpc) is 2.76. The maximum absolute atomic E-state index is 11.0. The molecule has 2 aromatic rings. The zero-order chi connectivity index (χ0) is 20.9. The summed E-state index contributed by atoms with van der Waals surface area (Å²) in [4.78, 5) is 11.0. The molecule has 5 heteroatoms. The predicted molar refractivity (Wildman–Crippen MR) is 113 cm³/mol. The summed E-state index contributed by atoms with van der Waals surface area (Å²) in [6, 6.07) is 15.7. The quantitative estimate of drug-likeness (QED) is 0.306. The van der Waals surface area contributed by atoms with E-state index < -0.39 is 12.1 Å². The van der Waals surface area contributed by atoms with E-state index in [0.717, 1.165) is 23.8 Å². The molecule has 0 aliphatic rings. The average molecular weight is 398 g/mol. The van der Waals surface area contributed by atoms with Crippen LogP contribution in [0.4, 0.5) is 0 Å². The number of esters is 1. The number of benzene rings is 2. The summed E-state index contributed by atoms with van der Waals surface area (Å²) in [5.74, 6) is 0.768. The zero-order valence-electron chi connectivity index (χ0n) is 17.0. The van der Waals surface area contributed by atoms with Gasteiger partial charge in [-0.2, -0.15) is 0 Å². The number of aliphatic hydroxyl groups excluding tert-OH is 1. The van der Waals surface area contributed by atoms with Crippen molar-refractivity contribution in [1.82, 2.24) is 0 Å². The molecule has 0 spiro atoms. The number of hydrogen-bond donors (Lipinski definition) is 1. The van der Waals surface area contributed by atoms with Gasteiger partial charge in [-0.1, -0.05) is 50.6 Å². The number of unbranched alkanes of at least 4 members (excludes halogenated alkanes) is 2. The zero-order valence-corrected chi connectivity index (χ0v) is 17.0. The molecule has 1 unspecified atom stereocenters. The SMILES string of the molecule is C=CC(=O)OCC(O)COc1ccc(OCc2ccc(CCCCC)cc2)cc1. The Morgan fingerprint density at radius 3 is 2.21 bits per heavy atom. The Hall–Kier alpha value is -2.79. The third kappa shape index (κ3) is 8.83. The lowest BCUT2D eigenvalue weighted by molar-refractivity contribution is -0.141. The molecule has 2 rings (SSSR count). The summed E-state index contributed by atoms with van der Waals surface area (Å²) in [6.45, 7) is 5.90. The van der Waals surface area contributed by atoms with Crippen LogP contribution < -0.4 is 9.47 Å². The van der Waals surface area contributed by atoms with Gasteiger partial charge in [-0.15, -0.1) is 0 Å². The molecule has 0 bridgehead atoms. The first-order valence-electron chi connectivity index (χ1n) is 10.0. The molecule has 0 saturated carbocycles. The van der Waals surface area contributed by atoms with Gasteiger partial charge in [0.05, 0.1) is 0 Å². The van der Waals surface area contributed by atoms with Crippen molar-refractivity contribution in [1.29, 1.82) is 0 Å². The van der Waals surface area contributed by atoms with E-state index in [1.54, 1.807) is 12.1 Å². The molecule has 29 heavy (non-hydrogen) atoms. The largest absolute Gasteiger partial charge is 0.491 e. The number of aryl methyl sites for hydroxylation is 1. The van der Waals surface area contributed by atoms with Crippen molar-refractivity contribution in [3.8, 4) is 11.5 Å². The van der Waals surface area contributed by atoms with E-state index in [2.05, 4.69) is 37.8 Å². The minimum atomic E-state index is -0.903. The van der Waals surface area contributed by atoms with Gasteiger partial charge in [0, 0.05) is 6.08 Å². The molecule has 5 nitrogen and oxygen atoms in total. The van der Waals surface area contributed by atoms with Gasteiger partial charge in [0.15, 0.2) is 0 Å². The number of ether oxygens (including phenoxy) is 3. The van der Waals surface area contributed by atoms with Gasteiger partial charge in [-0.25, -0.2) is 4.79 Å². The van der Waals surface area contributed by atoms with Crippen molar-refractivity contribution in [2.75, 3.05) is 13.2 Å². The summed E-state index contributed by atoms with van der Waals surface area (Å²) >= 11 is 0. The summed E-state index contributed by atoms with van der Waals surface area (Å²) < 4.78 is 16.1. The number of carbonyl (C=O) groups excluding carboxylic acids is 1. The summed E-state index contributed by atoms with van der Waals surface area (Å²) in [5.41, 5.74) is 2.49. The first-order chi connectivity index (χ1) is 14.1. The van der Waals surface area contributed by atoms with Crippen molar-refractivity contribution < 1.29 is 24.1 Å². The monoisotopic (exact) mass is 398 g/mol. The van der Waals surface area contributed by atoms with Crippen LogP contribution >= 0.6 is 0 Å². The molecule has 0 aliphatic carbocycles. The summed E-state index contributed by atoms with van der Waals surface area (Å²) in [5, 5.41) is 9.74. The maximum Gasteiger partial charge on any atom is 0.330 e. The minimum absolute atomic E-state index is 0.0230. The van der Waals surface area contributed by atoms with Gasteiger partial charge < -0.3 is 19.3 Å². The van der Waals surface area contributed by atoms with E-state index >= 15 is 0 Å². The van der Waals surface area contributed by atoms with Crippen LogP contribution in [0.15, 0.2) is 61.2 Å². The van der Waals surface area contributed by atoms with Crippen molar-refractivity contribution in [2.24, 2.45) is 0 Å². The van der Waals surface area contributed by atoms with E-state index in [-0.39, 0.29) is 13.2 Å². The van der Waals surface area contributed by atoms with Crippen LogP contribution in [0.2, 0.25) is 0 Å². The highest BCUT2D eigenvalue weighted by Gasteiger charge is 2.08. The molecule has 0 saturated heterocycles. The van der Waals surface area contributed by atoms with Gasteiger partial charge >= 0.3 is 5.97 Å². The predicted octanol–water partition coefficient (Wildman–Crippen LogP) is 4.47. The molecule has 0 radical (unpaired) electrons. The second-order valence-corrected chi connectivity index (χ2v) is 6.83. The van der Waals surface area contributed by atoms with Crippen molar-refractivity contribution >= 4 is 5.97 Å². The van der Waals surface area contributed by atoms with Crippen molar-refractivity contribution in [3.05, 3.63) is 72.3 Å². The second kappa shape index (κ2) is 12.6. The van der Waals surface area contributed by atoms with Crippen LogP contribution in [0, 0.1) is 0 Å². The molecule has 0 aromatic heterocycles. The molecule has 156 valence electrons. The number of aliphatic hydroxyl groups is 1. The minimum Gasteiger partial charge on any atom is -0.491 e. The first kappa shape index (κ1) is 22.5. The molecule has 0 amide bonds. The Labute approximate surface area is 172 Å². The van der Waals surface area contributed by atoms with Crippen LogP contribution in [0.5, 0.6) is 11.5 Å². The molecule has 1 N–H and O–H groups in total. The van der Waals surface area contributed by atoms with Crippen LogP contribution in [-0.4, -0.2) is 30.4 Å². The number of hydrogen-bond acceptors (Lipinski definition) is 5. The Kier molecular flexibility index (Phi) is 9.80. The van der Waals surface area contributed by atoms with Gasteiger partial charge in [-0.3, -0.25) is 0 Å². The van der Waals surface area contributed by atoms with Gasteiger partial charge in [0.25, 0.3) is 0 Å². The van der Waals surface area contributed by atoms with E-state index in [9.17, 15) is 9.90 Å². The van der Waals surface area contributed by atoms with Gasteiger partial charge in [-0.05, 0) is 48.2 Å². The fourth-order valence-corrected chi connectivity index (χ4v) is 2.66. The summed E-state index contributed by atoms with van der Waals surface area (Å²) in [6.07, 6.45) is 5.02. The molecular formula is C24H30O5. The molecule has 0 aliphatic heterocycles. The van der Waals surface area contributed by atoms with E-state index in [1.807, 2.05) is 12.1 Å².